The predicted octanol–water partition coefficient (Wildman–Crippen LogP) is 4.91. The van der Waals surface area contributed by atoms with Crippen LogP contribution in [0.3, 0.4) is 0 Å². The Morgan fingerprint density at radius 2 is 1.91 bits per heavy atom. The van der Waals surface area contributed by atoms with Crippen LogP contribution in [0.15, 0.2) is 52.1 Å². The highest BCUT2D eigenvalue weighted by atomic mass is 35.5. The number of aryl methyl sites for hydroxylation is 1. The third-order valence-electron chi connectivity index (χ3n) is 4.46. The van der Waals surface area contributed by atoms with Crippen molar-refractivity contribution in [2.24, 2.45) is 0 Å². The molecule has 33 heavy (non-hydrogen) atoms. The first kappa shape index (κ1) is 24.6. The Balaban J connectivity index is 1.53. The van der Waals surface area contributed by atoms with Crippen LogP contribution in [0.4, 0.5) is 18.9 Å². The van der Waals surface area contributed by atoms with Crippen LogP contribution in [0.1, 0.15) is 11.1 Å². The van der Waals surface area contributed by atoms with Crippen LogP contribution < -0.4 is 5.32 Å². The number of hydrogen-bond donors (Lipinski definition) is 1. The normalized spacial score (nSPS) is 11.3. The van der Waals surface area contributed by atoms with Gasteiger partial charge in [0.05, 0.1) is 22.9 Å². The SMILES string of the molecule is Cc1ccccc1-c1nnc(SCC(=O)N(C)CC(=O)Nc2ccc(Cl)c(C(F)(F)F)c2)o1. The first-order valence-corrected chi connectivity index (χ1v) is 10.8. The van der Waals surface area contributed by atoms with Gasteiger partial charge in [-0.2, -0.15) is 13.2 Å². The lowest BCUT2D eigenvalue weighted by Crippen LogP contribution is -2.36. The number of rotatable bonds is 7. The number of benzene rings is 2. The van der Waals surface area contributed by atoms with Crippen molar-refractivity contribution in [3.05, 3.63) is 58.6 Å². The minimum Gasteiger partial charge on any atom is -0.411 e. The summed E-state index contributed by atoms with van der Waals surface area (Å²) in [5.41, 5.74) is 0.601. The van der Waals surface area contributed by atoms with Crippen molar-refractivity contribution >= 4 is 40.9 Å². The minimum absolute atomic E-state index is 0.0711. The molecule has 3 aromatic rings. The second-order valence-corrected chi connectivity index (χ2v) is 8.30. The molecule has 1 aromatic heterocycles. The second kappa shape index (κ2) is 10.3. The van der Waals surface area contributed by atoms with E-state index >= 15 is 0 Å². The van der Waals surface area contributed by atoms with E-state index in [1.54, 1.807) is 0 Å². The quantitative estimate of drug-likeness (QED) is 0.466. The summed E-state index contributed by atoms with van der Waals surface area (Å²) in [4.78, 5) is 25.6. The maximum absolute atomic E-state index is 13.0. The van der Waals surface area contributed by atoms with Crippen molar-refractivity contribution in [2.75, 3.05) is 24.7 Å². The highest BCUT2D eigenvalue weighted by Crippen LogP contribution is 2.36. The van der Waals surface area contributed by atoms with Gasteiger partial charge in [-0.05, 0) is 36.8 Å². The zero-order valence-corrected chi connectivity index (χ0v) is 19.0. The number of likely N-dealkylation sites (N-methyl/N-ethyl adjacent to an activating group) is 1. The third-order valence-corrected chi connectivity index (χ3v) is 5.60. The van der Waals surface area contributed by atoms with Gasteiger partial charge in [0.15, 0.2) is 0 Å². The number of anilines is 1. The van der Waals surface area contributed by atoms with E-state index in [9.17, 15) is 22.8 Å². The molecule has 0 spiro atoms. The molecule has 0 aliphatic heterocycles. The largest absolute Gasteiger partial charge is 0.417 e. The highest BCUT2D eigenvalue weighted by molar-refractivity contribution is 7.99. The summed E-state index contributed by atoms with van der Waals surface area (Å²) in [7, 11) is 1.40. The van der Waals surface area contributed by atoms with E-state index in [-0.39, 0.29) is 23.2 Å². The van der Waals surface area contributed by atoms with Gasteiger partial charge in [0.2, 0.25) is 17.7 Å². The van der Waals surface area contributed by atoms with E-state index in [4.69, 9.17) is 16.0 Å². The fourth-order valence-electron chi connectivity index (χ4n) is 2.75. The Morgan fingerprint density at radius 3 is 2.61 bits per heavy atom. The summed E-state index contributed by atoms with van der Waals surface area (Å²) in [5, 5.41) is 9.94. The predicted molar refractivity (Wildman–Crippen MR) is 118 cm³/mol. The van der Waals surface area contributed by atoms with Crippen molar-refractivity contribution in [1.29, 1.82) is 0 Å². The number of hydrogen-bond acceptors (Lipinski definition) is 6. The smallest absolute Gasteiger partial charge is 0.411 e. The van der Waals surface area contributed by atoms with Crippen molar-refractivity contribution in [3.63, 3.8) is 0 Å². The number of alkyl halides is 3. The topological polar surface area (TPSA) is 88.3 Å². The Bertz CT molecular complexity index is 1170. The summed E-state index contributed by atoms with van der Waals surface area (Å²) in [6.07, 6.45) is -4.66. The van der Waals surface area contributed by atoms with Crippen molar-refractivity contribution in [3.8, 4) is 11.5 Å². The Hall–Kier alpha value is -3.05. The molecule has 0 aliphatic rings. The molecule has 0 bridgehead atoms. The summed E-state index contributed by atoms with van der Waals surface area (Å²) in [6.45, 7) is 1.55. The highest BCUT2D eigenvalue weighted by Gasteiger charge is 2.33. The lowest BCUT2D eigenvalue weighted by Gasteiger charge is -2.17. The van der Waals surface area contributed by atoms with E-state index < -0.39 is 28.6 Å². The third kappa shape index (κ3) is 6.48. The zero-order chi connectivity index (χ0) is 24.2. The van der Waals surface area contributed by atoms with E-state index in [1.165, 1.54) is 13.1 Å². The monoisotopic (exact) mass is 498 g/mol. The molecule has 0 fully saturated rings. The van der Waals surface area contributed by atoms with E-state index in [0.29, 0.717) is 5.89 Å². The molecule has 7 nitrogen and oxygen atoms in total. The lowest BCUT2D eigenvalue weighted by molar-refractivity contribution is -0.137. The second-order valence-electron chi connectivity index (χ2n) is 6.97. The molecule has 0 saturated heterocycles. The molecule has 2 aromatic carbocycles. The van der Waals surface area contributed by atoms with Crippen molar-refractivity contribution in [1.82, 2.24) is 15.1 Å². The number of thioether (sulfide) groups is 1. The molecule has 0 aliphatic carbocycles. The zero-order valence-electron chi connectivity index (χ0n) is 17.4. The fourth-order valence-corrected chi connectivity index (χ4v) is 3.68. The van der Waals surface area contributed by atoms with Gasteiger partial charge in [0.25, 0.3) is 5.22 Å². The number of carbonyl (C=O) groups is 2. The Kier molecular flexibility index (Phi) is 7.65. The maximum Gasteiger partial charge on any atom is 0.417 e. The minimum atomic E-state index is -4.66. The number of nitrogens with one attached hydrogen (secondary N) is 1. The molecule has 1 N–H and O–H groups in total. The van der Waals surface area contributed by atoms with Gasteiger partial charge in [0, 0.05) is 18.3 Å². The van der Waals surface area contributed by atoms with Gasteiger partial charge in [-0.1, -0.05) is 41.6 Å². The van der Waals surface area contributed by atoms with E-state index in [2.05, 4.69) is 15.5 Å². The number of carbonyl (C=O) groups excluding carboxylic acids is 2. The van der Waals surface area contributed by atoms with Crippen LogP contribution >= 0.6 is 23.4 Å². The molecular weight excluding hydrogens is 481 g/mol. The van der Waals surface area contributed by atoms with Crippen LogP contribution in [-0.4, -0.2) is 46.3 Å². The number of aromatic nitrogens is 2. The standard InChI is InChI=1S/C21H18ClF3N4O3S/c1-12-5-3-4-6-14(12)19-27-28-20(32-19)33-11-18(31)29(2)10-17(30)26-13-7-8-16(22)15(9-13)21(23,24)25/h3-9H,10-11H2,1-2H3,(H,26,30). The van der Waals surface area contributed by atoms with Gasteiger partial charge in [0.1, 0.15) is 0 Å². The molecule has 0 atom stereocenters. The van der Waals surface area contributed by atoms with Gasteiger partial charge in [-0.3, -0.25) is 9.59 Å². The van der Waals surface area contributed by atoms with Gasteiger partial charge >= 0.3 is 6.18 Å². The van der Waals surface area contributed by atoms with E-state index in [1.807, 2.05) is 31.2 Å². The summed E-state index contributed by atoms with van der Waals surface area (Å²) >= 11 is 6.58. The Morgan fingerprint density at radius 1 is 1.18 bits per heavy atom. The molecule has 3 rings (SSSR count). The lowest BCUT2D eigenvalue weighted by atomic mass is 10.1. The van der Waals surface area contributed by atoms with E-state index in [0.717, 1.165) is 39.9 Å². The van der Waals surface area contributed by atoms with Crippen LogP contribution in [0.25, 0.3) is 11.5 Å². The van der Waals surface area contributed by atoms with Gasteiger partial charge < -0.3 is 14.6 Å². The number of amides is 2. The molecule has 174 valence electrons. The average Bonchev–Trinajstić information content (AvgIpc) is 3.21. The fraction of sp³-hybridized carbons (Fsp3) is 0.238. The molecule has 0 unspecified atom stereocenters. The molecule has 1 heterocycles. The molecular formula is C21H18ClF3N4O3S. The van der Waals surface area contributed by atoms with Crippen LogP contribution in [0.5, 0.6) is 0 Å². The summed E-state index contributed by atoms with van der Waals surface area (Å²) in [5.74, 6) is -0.806. The molecule has 2 amide bonds. The first-order valence-electron chi connectivity index (χ1n) is 9.47. The van der Waals surface area contributed by atoms with Crippen LogP contribution in [-0.2, 0) is 15.8 Å². The van der Waals surface area contributed by atoms with Gasteiger partial charge in [-0.25, -0.2) is 0 Å². The van der Waals surface area contributed by atoms with Crippen LogP contribution in [0.2, 0.25) is 5.02 Å². The summed E-state index contributed by atoms with van der Waals surface area (Å²) < 4.78 is 44.4. The first-order chi connectivity index (χ1) is 15.5. The number of nitrogens with zero attached hydrogens (tertiary/aromatic N) is 3. The molecule has 12 heteroatoms. The van der Waals surface area contributed by atoms with Crippen molar-refractivity contribution in [2.45, 2.75) is 18.3 Å². The van der Waals surface area contributed by atoms with Gasteiger partial charge in [-0.15, -0.1) is 10.2 Å². The maximum atomic E-state index is 13.0. The molecule has 0 saturated carbocycles. The average molecular weight is 499 g/mol. The Labute approximate surface area is 196 Å². The summed E-state index contributed by atoms with van der Waals surface area (Å²) in [6, 6.07) is 10.5. The molecule has 0 radical (unpaired) electrons. The van der Waals surface area contributed by atoms with Crippen LogP contribution in [0, 0.1) is 6.92 Å². The number of halogens is 4. The van der Waals surface area contributed by atoms with Crippen molar-refractivity contribution < 1.29 is 27.2 Å².